The third-order valence-electron chi connectivity index (χ3n) is 2.30. The van der Waals surface area contributed by atoms with Crippen LogP contribution in [-0.4, -0.2) is 23.8 Å². The highest BCUT2D eigenvalue weighted by Crippen LogP contribution is 2.33. The molecule has 1 fully saturated rings. The topological polar surface area (TPSA) is 46.5 Å². The number of aliphatic hydroxyl groups is 1. The molecule has 1 aliphatic rings. The van der Waals surface area contributed by atoms with E-state index in [1.165, 1.54) is 0 Å². The lowest BCUT2D eigenvalue weighted by Gasteiger charge is -2.08. The summed E-state index contributed by atoms with van der Waals surface area (Å²) in [5.41, 5.74) is 0. The summed E-state index contributed by atoms with van der Waals surface area (Å²) in [4.78, 5) is 11.1. The molecule has 0 heterocycles. The van der Waals surface area contributed by atoms with Crippen molar-refractivity contribution in [3.05, 3.63) is 0 Å². The van der Waals surface area contributed by atoms with Gasteiger partial charge < -0.3 is 9.84 Å². The third kappa shape index (κ3) is 4.27. The van der Waals surface area contributed by atoms with E-state index in [2.05, 4.69) is 0 Å². The van der Waals surface area contributed by atoms with Crippen LogP contribution in [0.2, 0.25) is 0 Å². The summed E-state index contributed by atoms with van der Waals surface area (Å²) in [6, 6.07) is 0. The first-order valence-electron chi connectivity index (χ1n) is 5.07. The van der Waals surface area contributed by atoms with Crippen molar-refractivity contribution >= 4 is 5.97 Å². The average Bonchev–Trinajstić information content (AvgIpc) is 2.86. The lowest BCUT2D eigenvalue weighted by Crippen LogP contribution is -2.17. The average molecular weight is 186 g/mol. The van der Waals surface area contributed by atoms with Crippen LogP contribution in [0.25, 0.3) is 0 Å². The highest BCUT2D eigenvalue weighted by molar-refractivity contribution is 5.70. The molecule has 0 unspecified atom stereocenters. The number of hydrogen-bond acceptors (Lipinski definition) is 3. The summed E-state index contributed by atoms with van der Waals surface area (Å²) < 4.78 is 4.93. The van der Waals surface area contributed by atoms with Crippen LogP contribution in [0.4, 0.5) is 0 Å². The Morgan fingerprint density at radius 1 is 1.62 bits per heavy atom. The molecule has 1 aliphatic carbocycles. The normalized spacial score (nSPS) is 18.3. The van der Waals surface area contributed by atoms with E-state index in [9.17, 15) is 9.90 Å². The van der Waals surface area contributed by atoms with Gasteiger partial charge in [-0.05, 0) is 25.2 Å². The van der Waals surface area contributed by atoms with Gasteiger partial charge in [0.05, 0.1) is 19.1 Å². The quantitative estimate of drug-likeness (QED) is 0.505. The van der Waals surface area contributed by atoms with Crippen molar-refractivity contribution in [1.29, 1.82) is 0 Å². The van der Waals surface area contributed by atoms with E-state index in [0.29, 0.717) is 12.5 Å². The van der Waals surface area contributed by atoms with Crippen molar-refractivity contribution in [2.24, 2.45) is 5.92 Å². The lowest BCUT2D eigenvalue weighted by atomic mass is 10.2. The molecule has 0 bridgehead atoms. The minimum absolute atomic E-state index is 0.175. The second kappa shape index (κ2) is 5.22. The summed E-state index contributed by atoms with van der Waals surface area (Å²) in [5.74, 6) is 0.103. The predicted octanol–water partition coefficient (Wildman–Crippen LogP) is 1.49. The molecule has 0 radical (unpaired) electrons. The molecule has 0 amide bonds. The number of carbonyl (C=O) groups excluding carboxylic acids is 1. The van der Waals surface area contributed by atoms with Gasteiger partial charge in [0.15, 0.2) is 0 Å². The van der Waals surface area contributed by atoms with Crippen LogP contribution in [0.15, 0.2) is 0 Å². The maximum atomic E-state index is 11.1. The third-order valence-corrected chi connectivity index (χ3v) is 2.30. The van der Waals surface area contributed by atoms with Gasteiger partial charge in [-0.3, -0.25) is 4.79 Å². The van der Waals surface area contributed by atoms with Crippen molar-refractivity contribution in [3.8, 4) is 0 Å². The summed E-state index contributed by atoms with van der Waals surface area (Å²) in [6.45, 7) is 2.54. The Morgan fingerprint density at radius 2 is 2.31 bits per heavy atom. The highest BCUT2D eigenvalue weighted by atomic mass is 16.5. The number of carbonyl (C=O) groups is 1. The Balaban J connectivity index is 2.02. The highest BCUT2D eigenvalue weighted by Gasteiger charge is 2.31. The Morgan fingerprint density at radius 3 is 2.85 bits per heavy atom. The Kier molecular flexibility index (Phi) is 4.22. The fraction of sp³-hybridized carbons (Fsp3) is 0.900. The second-order valence-corrected chi connectivity index (χ2v) is 3.68. The SMILES string of the molecule is CCCCOC(=O)C[C@H](O)C1CC1. The molecule has 0 aromatic heterocycles. The van der Waals surface area contributed by atoms with Gasteiger partial charge in [-0.1, -0.05) is 13.3 Å². The molecule has 0 aromatic rings. The molecule has 1 N–H and O–H groups in total. The van der Waals surface area contributed by atoms with E-state index in [4.69, 9.17) is 4.74 Å². The molecule has 0 aliphatic heterocycles. The minimum Gasteiger partial charge on any atom is -0.466 e. The number of esters is 1. The zero-order valence-electron chi connectivity index (χ0n) is 8.16. The van der Waals surface area contributed by atoms with E-state index in [0.717, 1.165) is 25.7 Å². The molecular weight excluding hydrogens is 168 g/mol. The van der Waals surface area contributed by atoms with Gasteiger partial charge in [0.1, 0.15) is 0 Å². The number of rotatable bonds is 6. The standard InChI is InChI=1S/C10H18O3/c1-2-3-6-13-10(12)7-9(11)8-4-5-8/h8-9,11H,2-7H2,1H3/t9-/m0/s1. The molecule has 3 nitrogen and oxygen atoms in total. The first-order valence-corrected chi connectivity index (χ1v) is 5.07. The first-order chi connectivity index (χ1) is 6.24. The Hall–Kier alpha value is -0.570. The van der Waals surface area contributed by atoms with Crippen LogP contribution in [-0.2, 0) is 9.53 Å². The van der Waals surface area contributed by atoms with Crippen molar-refractivity contribution in [2.75, 3.05) is 6.61 Å². The van der Waals surface area contributed by atoms with Crippen molar-refractivity contribution < 1.29 is 14.6 Å². The van der Waals surface area contributed by atoms with Gasteiger partial charge in [0.25, 0.3) is 0 Å². The Labute approximate surface area is 79.1 Å². The summed E-state index contributed by atoms with van der Waals surface area (Å²) >= 11 is 0. The zero-order valence-corrected chi connectivity index (χ0v) is 8.16. The summed E-state index contributed by atoms with van der Waals surface area (Å²) in [7, 11) is 0. The van der Waals surface area contributed by atoms with Crippen molar-refractivity contribution in [2.45, 2.75) is 45.1 Å². The monoisotopic (exact) mass is 186 g/mol. The van der Waals surface area contributed by atoms with E-state index in [1.54, 1.807) is 0 Å². The maximum Gasteiger partial charge on any atom is 0.308 e. The van der Waals surface area contributed by atoms with Gasteiger partial charge in [0, 0.05) is 0 Å². The minimum atomic E-state index is -0.464. The molecule has 13 heavy (non-hydrogen) atoms. The van der Waals surface area contributed by atoms with Gasteiger partial charge >= 0.3 is 5.97 Å². The van der Waals surface area contributed by atoms with Crippen LogP contribution in [0.3, 0.4) is 0 Å². The Bertz CT molecular complexity index is 164. The molecule has 0 saturated heterocycles. The van der Waals surface area contributed by atoms with Gasteiger partial charge in [-0.2, -0.15) is 0 Å². The number of aliphatic hydroxyl groups excluding tert-OH is 1. The maximum absolute atomic E-state index is 11.1. The summed E-state index contributed by atoms with van der Waals surface area (Å²) in [5, 5.41) is 9.42. The van der Waals surface area contributed by atoms with Gasteiger partial charge in [-0.15, -0.1) is 0 Å². The van der Waals surface area contributed by atoms with E-state index < -0.39 is 6.10 Å². The fourth-order valence-electron chi connectivity index (χ4n) is 1.21. The molecule has 1 rings (SSSR count). The van der Waals surface area contributed by atoms with Crippen LogP contribution < -0.4 is 0 Å². The first kappa shape index (κ1) is 10.5. The number of ether oxygens (including phenoxy) is 1. The van der Waals surface area contributed by atoms with E-state index in [-0.39, 0.29) is 12.4 Å². The molecule has 1 saturated carbocycles. The summed E-state index contributed by atoms with van der Waals surface area (Å²) in [6.07, 6.45) is 3.76. The molecule has 1 atom stereocenters. The lowest BCUT2D eigenvalue weighted by molar-refractivity contribution is -0.146. The number of hydrogen-bond donors (Lipinski definition) is 1. The van der Waals surface area contributed by atoms with Crippen molar-refractivity contribution in [3.63, 3.8) is 0 Å². The van der Waals surface area contributed by atoms with Gasteiger partial charge in [-0.25, -0.2) is 0 Å². The fourth-order valence-corrected chi connectivity index (χ4v) is 1.21. The van der Waals surface area contributed by atoms with Crippen LogP contribution in [0.5, 0.6) is 0 Å². The number of unbranched alkanes of at least 4 members (excludes halogenated alkanes) is 1. The second-order valence-electron chi connectivity index (χ2n) is 3.68. The molecular formula is C10H18O3. The van der Waals surface area contributed by atoms with Crippen molar-refractivity contribution in [1.82, 2.24) is 0 Å². The van der Waals surface area contributed by atoms with Crippen LogP contribution in [0.1, 0.15) is 39.0 Å². The predicted molar refractivity (Wildman–Crippen MR) is 49.2 cm³/mol. The molecule has 0 spiro atoms. The van der Waals surface area contributed by atoms with Crippen LogP contribution >= 0.6 is 0 Å². The smallest absolute Gasteiger partial charge is 0.308 e. The molecule has 0 aromatic carbocycles. The van der Waals surface area contributed by atoms with E-state index in [1.807, 2.05) is 6.92 Å². The zero-order chi connectivity index (χ0) is 9.68. The van der Waals surface area contributed by atoms with Crippen LogP contribution in [0, 0.1) is 5.92 Å². The molecule has 3 heteroatoms. The molecule has 76 valence electrons. The largest absolute Gasteiger partial charge is 0.466 e. The van der Waals surface area contributed by atoms with Gasteiger partial charge in [0.2, 0.25) is 0 Å². The van der Waals surface area contributed by atoms with E-state index >= 15 is 0 Å².